The standard InChI is InChI=1S/C15H12N4O/c16-11-6-4-10(5-7-11)13-9-14(20)19-15(18-13)12-3-1-2-8-17-12/h1-9H,16H2,(H,18,19,20). The van der Waals surface area contributed by atoms with Gasteiger partial charge in [0.1, 0.15) is 5.69 Å². The summed E-state index contributed by atoms with van der Waals surface area (Å²) < 4.78 is 0. The molecule has 0 saturated carbocycles. The van der Waals surface area contributed by atoms with Gasteiger partial charge in [-0.05, 0) is 24.3 Å². The zero-order chi connectivity index (χ0) is 13.9. The minimum Gasteiger partial charge on any atom is -0.399 e. The number of aromatic nitrogens is 3. The van der Waals surface area contributed by atoms with Crippen molar-refractivity contribution < 1.29 is 0 Å². The Morgan fingerprint density at radius 2 is 1.80 bits per heavy atom. The number of nitrogens with two attached hydrogens (primary N) is 1. The van der Waals surface area contributed by atoms with Crippen molar-refractivity contribution in [1.29, 1.82) is 0 Å². The average Bonchev–Trinajstić information content (AvgIpc) is 2.48. The van der Waals surface area contributed by atoms with Gasteiger partial charge in [-0.2, -0.15) is 0 Å². The van der Waals surface area contributed by atoms with Crippen LogP contribution in [0.1, 0.15) is 0 Å². The number of anilines is 1. The topological polar surface area (TPSA) is 84.7 Å². The van der Waals surface area contributed by atoms with E-state index in [2.05, 4.69) is 15.0 Å². The third kappa shape index (κ3) is 2.42. The van der Waals surface area contributed by atoms with Crippen molar-refractivity contribution in [1.82, 2.24) is 15.0 Å². The summed E-state index contributed by atoms with van der Waals surface area (Å²) in [5.41, 5.74) is 8.17. The first-order valence-electron chi connectivity index (χ1n) is 6.11. The highest BCUT2D eigenvalue weighted by atomic mass is 16.1. The molecule has 3 N–H and O–H groups in total. The Morgan fingerprint density at radius 3 is 2.50 bits per heavy atom. The lowest BCUT2D eigenvalue weighted by Gasteiger charge is -2.04. The van der Waals surface area contributed by atoms with Gasteiger partial charge in [0.05, 0.1) is 5.69 Å². The van der Waals surface area contributed by atoms with Crippen molar-refractivity contribution in [2.24, 2.45) is 0 Å². The Kier molecular flexibility index (Phi) is 3.01. The lowest BCUT2D eigenvalue weighted by atomic mass is 10.1. The molecule has 0 radical (unpaired) electrons. The number of pyridine rings is 1. The molecule has 3 aromatic rings. The second kappa shape index (κ2) is 4.97. The molecule has 98 valence electrons. The Morgan fingerprint density at radius 1 is 1.00 bits per heavy atom. The summed E-state index contributed by atoms with van der Waals surface area (Å²) in [6.45, 7) is 0. The Labute approximate surface area is 115 Å². The normalized spacial score (nSPS) is 10.4. The molecule has 0 aliphatic rings. The molecule has 0 aliphatic carbocycles. The van der Waals surface area contributed by atoms with Gasteiger partial charge in [0, 0.05) is 23.5 Å². The lowest BCUT2D eigenvalue weighted by Crippen LogP contribution is -2.09. The smallest absolute Gasteiger partial charge is 0.251 e. The van der Waals surface area contributed by atoms with E-state index in [1.807, 2.05) is 24.3 Å². The zero-order valence-corrected chi connectivity index (χ0v) is 10.6. The highest BCUT2D eigenvalue weighted by molar-refractivity contribution is 5.63. The van der Waals surface area contributed by atoms with E-state index in [-0.39, 0.29) is 5.56 Å². The van der Waals surface area contributed by atoms with Crippen LogP contribution in [0.25, 0.3) is 22.8 Å². The van der Waals surface area contributed by atoms with Gasteiger partial charge < -0.3 is 10.7 Å². The molecule has 0 bridgehead atoms. The quantitative estimate of drug-likeness (QED) is 0.694. The second-order valence-corrected chi connectivity index (χ2v) is 4.32. The van der Waals surface area contributed by atoms with Crippen molar-refractivity contribution >= 4 is 5.69 Å². The number of nitrogens with zero attached hydrogens (tertiary/aromatic N) is 2. The maximum absolute atomic E-state index is 11.8. The zero-order valence-electron chi connectivity index (χ0n) is 10.6. The van der Waals surface area contributed by atoms with Crippen molar-refractivity contribution in [2.75, 3.05) is 5.73 Å². The van der Waals surface area contributed by atoms with Gasteiger partial charge in [-0.15, -0.1) is 0 Å². The molecule has 5 heteroatoms. The van der Waals surface area contributed by atoms with Crippen molar-refractivity contribution in [3.63, 3.8) is 0 Å². The van der Waals surface area contributed by atoms with Gasteiger partial charge in [0.25, 0.3) is 5.56 Å². The van der Waals surface area contributed by atoms with Crippen LogP contribution in [-0.2, 0) is 0 Å². The Hall–Kier alpha value is -2.95. The van der Waals surface area contributed by atoms with Crippen LogP contribution in [0.4, 0.5) is 5.69 Å². The lowest BCUT2D eigenvalue weighted by molar-refractivity contribution is 1.11. The number of benzene rings is 1. The van der Waals surface area contributed by atoms with Gasteiger partial charge in [-0.1, -0.05) is 18.2 Å². The molecule has 3 rings (SSSR count). The van der Waals surface area contributed by atoms with Crippen LogP contribution in [0.15, 0.2) is 59.5 Å². The maximum Gasteiger partial charge on any atom is 0.251 e. The monoisotopic (exact) mass is 264 g/mol. The minimum absolute atomic E-state index is 0.215. The summed E-state index contributed by atoms with van der Waals surface area (Å²) >= 11 is 0. The van der Waals surface area contributed by atoms with Crippen LogP contribution in [0.3, 0.4) is 0 Å². The van der Waals surface area contributed by atoms with Gasteiger partial charge in [-0.3, -0.25) is 9.78 Å². The maximum atomic E-state index is 11.8. The van der Waals surface area contributed by atoms with E-state index in [9.17, 15) is 4.79 Å². The van der Waals surface area contributed by atoms with E-state index in [4.69, 9.17) is 5.73 Å². The van der Waals surface area contributed by atoms with Crippen LogP contribution in [0, 0.1) is 0 Å². The molecular weight excluding hydrogens is 252 g/mol. The highest BCUT2D eigenvalue weighted by Gasteiger charge is 2.06. The number of hydrogen-bond donors (Lipinski definition) is 2. The number of H-pyrrole nitrogens is 1. The van der Waals surface area contributed by atoms with E-state index in [1.165, 1.54) is 6.07 Å². The molecule has 0 spiro atoms. The van der Waals surface area contributed by atoms with Crippen LogP contribution in [0.5, 0.6) is 0 Å². The molecule has 2 heterocycles. The molecule has 0 amide bonds. The fourth-order valence-electron chi connectivity index (χ4n) is 1.88. The molecule has 0 saturated heterocycles. The number of nitrogens with one attached hydrogen (secondary N) is 1. The molecule has 5 nitrogen and oxygen atoms in total. The first-order valence-corrected chi connectivity index (χ1v) is 6.11. The van der Waals surface area contributed by atoms with E-state index in [0.717, 1.165) is 5.56 Å². The summed E-state index contributed by atoms with van der Waals surface area (Å²) in [6.07, 6.45) is 1.66. The third-order valence-corrected chi connectivity index (χ3v) is 2.86. The molecule has 0 atom stereocenters. The van der Waals surface area contributed by atoms with Crippen LogP contribution >= 0.6 is 0 Å². The summed E-state index contributed by atoms with van der Waals surface area (Å²) in [7, 11) is 0. The largest absolute Gasteiger partial charge is 0.399 e. The molecule has 0 unspecified atom stereocenters. The summed E-state index contributed by atoms with van der Waals surface area (Å²) in [5, 5.41) is 0. The van der Waals surface area contributed by atoms with Gasteiger partial charge in [0.15, 0.2) is 5.82 Å². The minimum atomic E-state index is -0.215. The average molecular weight is 264 g/mol. The number of rotatable bonds is 2. The van der Waals surface area contributed by atoms with Gasteiger partial charge in [-0.25, -0.2) is 4.98 Å². The fourth-order valence-corrected chi connectivity index (χ4v) is 1.88. The first-order chi connectivity index (χ1) is 9.72. The van der Waals surface area contributed by atoms with Crippen LogP contribution in [0.2, 0.25) is 0 Å². The number of aromatic amines is 1. The fraction of sp³-hybridized carbons (Fsp3) is 0. The molecule has 0 aliphatic heterocycles. The van der Waals surface area contributed by atoms with Crippen molar-refractivity contribution in [2.45, 2.75) is 0 Å². The van der Waals surface area contributed by atoms with Gasteiger partial charge in [0.2, 0.25) is 0 Å². The van der Waals surface area contributed by atoms with Crippen LogP contribution in [-0.4, -0.2) is 15.0 Å². The molecule has 20 heavy (non-hydrogen) atoms. The molecule has 0 fully saturated rings. The summed E-state index contributed by atoms with van der Waals surface area (Å²) in [6, 6.07) is 14.1. The number of hydrogen-bond acceptors (Lipinski definition) is 4. The van der Waals surface area contributed by atoms with Gasteiger partial charge >= 0.3 is 0 Å². The second-order valence-electron chi connectivity index (χ2n) is 4.32. The Bertz CT molecular complexity index is 779. The first kappa shape index (κ1) is 12.1. The molecule has 1 aromatic carbocycles. The van der Waals surface area contributed by atoms with E-state index >= 15 is 0 Å². The summed E-state index contributed by atoms with van der Waals surface area (Å²) in [5.74, 6) is 0.449. The van der Waals surface area contributed by atoms with Crippen molar-refractivity contribution in [3.05, 3.63) is 65.1 Å². The molecular formula is C15H12N4O. The highest BCUT2D eigenvalue weighted by Crippen LogP contribution is 2.19. The third-order valence-electron chi connectivity index (χ3n) is 2.86. The molecule has 2 aromatic heterocycles. The predicted molar refractivity (Wildman–Crippen MR) is 77.9 cm³/mol. The van der Waals surface area contributed by atoms with E-state index in [0.29, 0.717) is 22.9 Å². The number of nitrogen functional groups attached to an aromatic ring is 1. The SMILES string of the molecule is Nc1ccc(-c2cc(=O)[nH]c(-c3ccccn3)n2)cc1. The Balaban J connectivity index is 2.12. The van der Waals surface area contributed by atoms with Crippen LogP contribution < -0.4 is 11.3 Å². The van der Waals surface area contributed by atoms with Crippen molar-refractivity contribution in [3.8, 4) is 22.8 Å². The predicted octanol–water partition coefficient (Wildman–Crippen LogP) is 2.08. The van der Waals surface area contributed by atoms with E-state index < -0.39 is 0 Å². The van der Waals surface area contributed by atoms with E-state index in [1.54, 1.807) is 24.4 Å². The summed E-state index contributed by atoms with van der Waals surface area (Å²) in [4.78, 5) is 23.1.